The second kappa shape index (κ2) is 7.23. The molecule has 1 N–H and O–H groups in total. The summed E-state index contributed by atoms with van der Waals surface area (Å²) >= 11 is 5.99. The van der Waals surface area contributed by atoms with Gasteiger partial charge in [-0.3, -0.25) is 9.52 Å². The topological polar surface area (TPSA) is 66.5 Å². The average molecular weight is 367 g/mol. The number of carbonyl (C=O) groups is 1. The molecule has 0 heterocycles. The van der Waals surface area contributed by atoms with E-state index in [1.54, 1.807) is 57.4 Å². The molecule has 24 heavy (non-hydrogen) atoms. The molecular formula is C17H19ClN2O3S. The Morgan fingerprint density at radius 2 is 1.75 bits per heavy atom. The van der Waals surface area contributed by atoms with Crippen molar-refractivity contribution in [2.75, 3.05) is 18.8 Å². The third kappa shape index (κ3) is 4.27. The largest absolute Gasteiger partial charge is 0.349 e. The molecule has 1 amide bonds. The maximum atomic E-state index is 12.5. The Labute approximate surface area is 147 Å². The zero-order chi connectivity index (χ0) is 17.9. The van der Waals surface area contributed by atoms with E-state index in [4.69, 9.17) is 11.6 Å². The highest BCUT2D eigenvalue weighted by atomic mass is 35.5. The molecule has 0 atom stereocenters. The number of anilines is 1. The summed E-state index contributed by atoms with van der Waals surface area (Å²) in [4.78, 5) is 13.3. The monoisotopic (exact) mass is 366 g/mol. The maximum Gasteiger partial charge on any atom is 0.262 e. The van der Waals surface area contributed by atoms with Crippen LogP contribution in [-0.4, -0.2) is 33.3 Å². The molecule has 0 spiro atoms. The molecule has 0 unspecified atom stereocenters. The van der Waals surface area contributed by atoms with E-state index in [1.807, 2.05) is 0 Å². The predicted octanol–water partition coefficient (Wildman–Crippen LogP) is 3.08. The van der Waals surface area contributed by atoms with Crippen molar-refractivity contribution in [3.05, 3.63) is 58.6 Å². The van der Waals surface area contributed by atoms with Gasteiger partial charge in [-0.05, 0) is 42.3 Å². The fourth-order valence-electron chi connectivity index (χ4n) is 2.11. The Morgan fingerprint density at radius 1 is 1.12 bits per heavy atom. The highest BCUT2D eigenvalue weighted by Crippen LogP contribution is 2.24. The summed E-state index contributed by atoms with van der Waals surface area (Å²) in [7, 11) is -0.340. The van der Waals surface area contributed by atoms with Crippen LogP contribution in [0.5, 0.6) is 0 Å². The third-order valence-corrected chi connectivity index (χ3v) is 5.50. The van der Waals surface area contributed by atoms with Crippen LogP contribution >= 0.6 is 11.6 Å². The van der Waals surface area contributed by atoms with Crippen molar-refractivity contribution in [3.63, 3.8) is 0 Å². The van der Waals surface area contributed by atoms with Crippen LogP contribution in [0, 0.1) is 6.92 Å². The van der Waals surface area contributed by atoms with E-state index in [0.717, 1.165) is 5.56 Å². The van der Waals surface area contributed by atoms with Gasteiger partial charge in [-0.1, -0.05) is 29.8 Å². The van der Waals surface area contributed by atoms with Crippen molar-refractivity contribution in [2.24, 2.45) is 0 Å². The summed E-state index contributed by atoms with van der Waals surface area (Å²) in [6.07, 6.45) is 0.271. The summed E-state index contributed by atoms with van der Waals surface area (Å²) < 4.78 is 27.5. The zero-order valence-electron chi connectivity index (χ0n) is 13.7. The minimum absolute atomic E-state index is 0.0158. The summed E-state index contributed by atoms with van der Waals surface area (Å²) in [5, 5.41) is 0.399. The number of halogens is 1. The van der Waals surface area contributed by atoms with Gasteiger partial charge in [0.15, 0.2) is 0 Å². The fraction of sp³-hybridized carbons (Fsp3) is 0.235. The highest BCUT2D eigenvalue weighted by Gasteiger charge is 2.18. The Morgan fingerprint density at radius 3 is 2.33 bits per heavy atom. The first-order valence-electron chi connectivity index (χ1n) is 7.28. The number of hydrogen-bond acceptors (Lipinski definition) is 3. The van der Waals surface area contributed by atoms with E-state index in [2.05, 4.69) is 4.72 Å². The lowest BCUT2D eigenvalue weighted by molar-refractivity contribution is -0.127. The molecule has 2 aromatic rings. The van der Waals surface area contributed by atoms with E-state index in [-0.39, 0.29) is 17.2 Å². The lowest BCUT2D eigenvalue weighted by Crippen LogP contribution is -2.23. The maximum absolute atomic E-state index is 12.5. The molecule has 128 valence electrons. The van der Waals surface area contributed by atoms with Gasteiger partial charge in [0, 0.05) is 24.8 Å². The van der Waals surface area contributed by atoms with Crippen LogP contribution in [-0.2, 0) is 21.2 Å². The average Bonchev–Trinajstić information content (AvgIpc) is 2.51. The lowest BCUT2D eigenvalue weighted by atomic mass is 10.1. The molecule has 0 aliphatic carbocycles. The number of likely N-dealkylation sites (N-methyl/N-ethyl adjacent to an activating group) is 1. The van der Waals surface area contributed by atoms with Crippen LogP contribution in [0.3, 0.4) is 0 Å². The summed E-state index contributed by atoms with van der Waals surface area (Å²) in [5.74, 6) is -0.0158. The van der Waals surface area contributed by atoms with Crippen molar-refractivity contribution < 1.29 is 13.2 Å². The lowest BCUT2D eigenvalue weighted by Gasteiger charge is -2.12. The number of hydrogen-bond donors (Lipinski definition) is 1. The smallest absolute Gasteiger partial charge is 0.262 e. The number of rotatable bonds is 5. The third-order valence-electron chi connectivity index (χ3n) is 3.57. The molecule has 0 bridgehead atoms. The fourth-order valence-corrected chi connectivity index (χ4v) is 3.67. The Balaban J connectivity index is 2.19. The van der Waals surface area contributed by atoms with E-state index >= 15 is 0 Å². The minimum Gasteiger partial charge on any atom is -0.349 e. The van der Waals surface area contributed by atoms with Crippen molar-refractivity contribution >= 4 is 33.2 Å². The van der Waals surface area contributed by atoms with Crippen LogP contribution < -0.4 is 4.72 Å². The molecule has 0 saturated heterocycles. The van der Waals surface area contributed by atoms with Crippen molar-refractivity contribution in [3.8, 4) is 0 Å². The minimum atomic E-state index is -3.73. The number of benzene rings is 2. The molecule has 0 aliphatic rings. The second-order valence-electron chi connectivity index (χ2n) is 5.63. The summed E-state index contributed by atoms with van der Waals surface area (Å²) in [6.45, 7) is 1.66. The highest BCUT2D eigenvalue weighted by molar-refractivity contribution is 7.92. The molecule has 0 fully saturated rings. The quantitative estimate of drug-likeness (QED) is 0.884. The normalized spacial score (nSPS) is 11.2. The van der Waals surface area contributed by atoms with Crippen LogP contribution in [0.25, 0.3) is 0 Å². The van der Waals surface area contributed by atoms with Crippen LogP contribution in [0.4, 0.5) is 5.69 Å². The van der Waals surface area contributed by atoms with Crippen LogP contribution in [0.15, 0.2) is 47.4 Å². The van der Waals surface area contributed by atoms with E-state index in [1.165, 1.54) is 11.0 Å². The van der Waals surface area contributed by atoms with Crippen LogP contribution in [0.1, 0.15) is 11.1 Å². The van der Waals surface area contributed by atoms with Gasteiger partial charge in [0.05, 0.1) is 11.3 Å². The van der Waals surface area contributed by atoms with Crippen molar-refractivity contribution in [1.82, 2.24) is 4.90 Å². The van der Waals surface area contributed by atoms with Gasteiger partial charge in [0.2, 0.25) is 5.91 Å². The van der Waals surface area contributed by atoms with Gasteiger partial charge in [-0.2, -0.15) is 0 Å². The van der Waals surface area contributed by atoms with E-state index in [9.17, 15) is 13.2 Å². The molecular weight excluding hydrogens is 348 g/mol. The molecule has 0 aromatic heterocycles. The molecule has 0 radical (unpaired) electrons. The standard InChI is InChI=1S/C17H19ClN2O3S/c1-12-15(18)5-4-6-16(12)24(22,23)19-14-9-7-13(8-10-14)11-17(21)20(2)3/h4-10,19H,11H2,1-3H3. The number of amides is 1. The number of nitrogens with one attached hydrogen (secondary N) is 1. The molecule has 5 nitrogen and oxygen atoms in total. The second-order valence-corrected chi connectivity index (χ2v) is 7.69. The molecule has 2 rings (SSSR count). The number of sulfonamides is 1. The van der Waals surface area contributed by atoms with E-state index in [0.29, 0.717) is 16.3 Å². The van der Waals surface area contributed by atoms with Gasteiger partial charge in [-0.15, -0.1) is 0 Å². The molecule has 7 heteroatoms. The first-order chi connectivity index (χ1) is 11.2. The van der Waals surface area contributed by atoms with Gasteiger partial charge in [0.1, 0.15) is 0 Å². The Bertz CT molecular complexity index is 847. The SMILES string of the molecule is Cc1c(Cl)cccc1S(=O)(=O)Nc1ccc(CC(=O)N(C)C)cc1. The molecule has 2 aromatic carbocycles. The zero-order valence-corrected chi connectivity index (χ0v) is 15.3. The van der Waals surface area contributed by atoms with E-state index < -0.39 is 10.0 Å². The van der Waals surface area contributed by atoms with Gasteiger partial charge in [-0.25, -0.2) is 8.42 Å². The molecule has 0 aliphatic heterocycles. The Kier molecular flexibility index (Phi) is 5.51. The first-order valence-corrected chi connectivity index (χ1v) is 9.14. The summed E-state index contributed by atoms with van der Waals surface area (Å²) in [6, 6.07) is 11.5. The van der Waals surface area contributed by atoms with Gasteiger partial charge < -0.3 is 4.90 Å². The van der Waals surface area contributed by atoms with Gasteiger partial charge >= 0.3 is 0 Å². The Hall–Kier alpha value is -2.05. The molecule has 0 saturated carbocycles. The van der Waals surface area contributed by atoms with Crippen LogP contribution in [0.2, 0.25) is 5.02 Å². The van der Waals surface area contributed by atoms with Crippen molar-refractivity contribution in [1.29, 1.82) is 0 Å². The summed E-state index contributed by atoms with van der Waals surface area (Å²) in [5.41, 5.74) is 1.74. The number of nitrogens with zero attached hydrogens (tertiary/aromatic N) is 1. The number of carbonyl (C=O) groups excluding carboxylic acids is 1. The predicted molar refractivity (Wildman–Crippen MR) is 95.8 cm³/mol. The van der Waals surface area contributed by atoms with Gasteiger partial charge in [0.25, 0.3) is 10.0 Å². The van der Waals surface area contributed by atoms with Crippen molar-refractivity contribution in [2.45, 2.75) is 18.2 Å². The first kappa shape index (κ1) is 18.3.